The molecule has 0 saturated carbocycles. The Morgan fingerprint density at radius 3 is 1.27 bits per heavy atom. The van der Waals surface area contributed by atoms with Gasteiger partial charge in [0.15, 0.2) is 0 Å². The first-order valence-corrected chi connectivity index (χ1v) is 15.7. The molecule has 0 amide bonds. The molecule has 0 aliphatic carbocycles. The van der Waals surface area contributed by atoms with E-state index in [-0.39, 0.29) is 0 Å². The van der Waals surface area contributed by atoms with Gasteiger partial charge in [0.25, 0.3) is 0 Å². The number of fused-ring (bicyclic) bond motifs is 2. The number of terminal acetylenes is 2. The summed E-state index contributed by atoms with van der Waals surface area (Å²) in [6.45, 7) is 4.57. The summed E-state index contributed by atoms with van der Waals surface area (Å²) in [6.07, 6.45) is 29.4. The van der Waals surface area contributed by atoms with Crippen LogP contribution in [0, 0.1) is 24.7 Å². The Kier molecular flexibility index (Phi) is 11.3. The van der Waals surface area contributed by atoms with Crippen molar-refractivity contribution in [3.63, 3.8) is 0 Å². The van der Waals surface area contributed by atoms with Crippen molar-refractivity contribution in [3.8, 4) is 35.8 Å². The summed E-state index contributed by atoms with van der Waals surface area (Å²) in [5.74, 6) is 5.67. The van der Waals surface area contributed by atoms with E-state index in [1.165, 1.54) is 121 Å². The minimum atomic E-state index is 0.936. The van der Waals surface area contributed by atoms with Crippen LogP contribution in [0.1, 0.15) is 113 Å². The van der Waals surface area contributed by atoms with Crippen molar-refractivity contribution in [1.82, 2.24) is 0 Å². The third-order valence-corrected chi connectivity index (χ3v) is 8.39. The second-order valence-corrected chi connectivity index (χ2v) is 11.4. The lowest BCUT2D eigenvalue weighted by molar-refractivity contribution is 0.607. The second-order valence-electron chi connectivity index (χ2n) is 11.4. The lowest BCUT2D eigenvalue weighted by Crippen LogP contribution is -1.99. The van der Waals surface area contributed by atoms with Crippen molar-refractivity contribution in [1.29, 1.82) is 0 Å². The molecule has 206 valence electrons. The largest absolute Gasteiger partial charge is 0.115 e. The maximum absolute atomic E-state index is 5.79. The highest BCUT2D eigenvalue weighted by Gasteiger charge is 2.17. The normalized spacial score (nSPS) is 11.1. The molecule has 4 aromatic carbocycles. The maximum atomic E-state index is 5.79. The number of rotatable bonds is 15. The highest BCUT2D eigenvalue weighted by molar-refractivity contribution is 6.08. The molecule has 0 N–H and O–H groups in total. The first-order chi connectivity index (χ1) is 19.7. The first-order valence-electron chi connectivity index (χ1n) is 15.7. The highest BCUT2D eigenvalue weighted by Crippen LogP contribution is 2.41. The Balaban J connectivity index is 1.81. The van der Waals surface area contributed by atoms with Crippen LogP contribution in [0.2, 0.25) is 0 Å². The molecule has 4 aromatic rings. The van der Waals surface area contributed by atoms with Gasteiger partial charge in [-0.15, -0.1) is 12.8 Å². The minimum Gasteiger partial charge on any atom is -0.115 e. The Labute approximate surface area is 243 Å². The van der Waals surface area contributed by atoms with Crippen LogP contribution in [-0.2, 0) is 12.8 Å². The third kappa shape index (κ3) is 7.38. The van der Waals surface area contributed by atoms with Gasteiger partial charge in [-0.05, 0) is 93.7 Å². The monoisotopic (exact) mass is 526 g/mol. The number of benzene rings is 4. The van der Waals surface area contributed by atoms with Crippen molar-refractivity contribution in [3.05, 3.63) is 82.9 Å². The summed E-state index contributed by atoms with van der Waals surface area (Å²) >= 11 is 0. The number of hydrogen-bond acceptors (Lipinski definition) is 0. The fourth-order valence-electron chi connectivity index (χ4n) is 6.13. The van der Waals surface area contributed by atoms with E-state index in [0.717, 1.165) is 24.0 Å². The molecule has 0 aliphatic rings. The Hall–Kier alpha value is -3.48. The van der Waals surface area contributed by atoms with Gasteiger partial charge in [0.1, 0.15) is 0 Å². The molecule has 0 fully saturated rings. The fourth-order valence-corrected chi connectivity index (χ4v) is 6.13. The van der Waals surface area contributed by atoms with Crippen molar-refractivity contribution in [2.75, 3.05) is 0 Å². The second kappa shape index (κ2) is 15.3. The van der Waals surface area contributed by atoms with Crippen LogP contribution in [0.25, 0.3) is 32.7 Å². The van der Waals surface area contributed by atoms with Crippen molar-refractivity contribution in [2.45, 2.75) is 104 Å². The zero-order valence-corrected chi connectivity index (χ0v) is 24.8. The van der Waals surface area contributed by atoms with E-state index in [1.54, 1.807) is 0 Å². The van der Waals surface area contributed by atoms with Crippen LogP contribution < -0.4 is 0 Å². The molecular weight excluding hydrogens is 480 g/mol. The van der Waals surface area contributed by atoms with Crippen LogP contribution in [0.5, 0.6) is 0 Å². The van der Waals surface area contributed by atoms with Gasteiger partial charge in [-0.2, -0.15) is 0 Å². The van der Waals surface area contributed by atoms with E-state index in [0.29, 0.717) is 0 Å². The predicted octanol–water partition coefficient (Wildman–Crippen LogP) is 11.4. The highest BCUT2D eigenvalue weighted by atomic mass is 14.2. The van der Waals surface area contributed by atoms with Crippen LogP contribution in [0.3, 0.4) is 0 Å². The fraction of sp³-hybridized carbons (Fsp3) is 0.400. The molecule has 0 unspecified atom stereocenters. The van der Waals surface area contributed by atoms with Gasteiger partial charge >= 0.3 is 0 Å². The Morgan fingerprint density at radius 1 is 0.475 bits per heavy atom. The molecule has 0 heteroatoms. The van der Waals surface area contributed by atoms with Gasteiger partial charge in [-0.3, -0.25) is 0 Å². The standard InChI is InChI=1S/C40H46/c1-5-9-11-13-15-17-19-33-23-25-35-29-31(7-3)21-27-37(35)39(33)40-34(20-18-16-14-12-10-6-2)24-26-36-30-32(8-4)22-28-38(36)40/h3-4,21-30H,5-6,9-20H2,1-2H3. The van der Waals surface area contributed by atoms with Crippen molar-refractivity contribution < 1.29 is 0 Å². The topological polar surface area (TPSA) is 0 Å². The summed E-state index contributed by atoms with van der Waals surface area (Å²) < 4.78 is 0. The van der Waals surface area contributed by atoms with E-state index >= 15 is 0 Å². The lowest BCUT2D eigenvalue weighted by atomic mass is 9.84. The molecule has 0 atom stereocenters. The Morgan fingerprint density at radius 2 is 0.875 bits per heavy atom. The van der Waals surface area contributed by atoms with E-state index in [4.69, 9.17) is 12.8 Å². The van der Waals surface area contributed by atoms with Gasteiger partial charge < -0.3 is 0 Å². The van der Waals surface area contributed by atoms with Crippen molar-refractivity contribution in [2.24, 2.45) is 0 Å². The summed E-state index contributed by atoms with van der Waals surface area (Å²) in [4.78, 5) is 0. The van der Waals surface area contributed by atoms with Gasteiger partial charge in [0.05, 0.1) is 0 Å². The Bertz CT molecular complexity index is 1370. The van der Waals surface area contributed by atoms with Gasteiger partial charge in [0.2, 0.25) is 0 Å². The minimum absolute atomic E-state index is 0.936. The van der Waals surface area contributed by atoms with Crippen LogP contribution in [0.15, 0.2) is 60.7 Å². The third-order valence-electron chi connectivity index (χ3n) is 8.39. The summed E-state index contributed by atoms with van der Waals surface area (Å²) in [7, 11) is 0. The molecule has 0 bridgehead atoms. The van der Waals surface area contributed by atoms with Crippen LogP contribution in [0.4, 0.5) is 0 Å². The zero-order valence-electron chi connectivity index (χ0n) is 24.8. The van der Waals surface area contributed by atoms with E-state index < -0.39 is 0 Å². The zero-order chi connectivity index (χ0) is 28.2. The molecule has 0 nitrogen and oxygen atoms in total. The van der Waals surface area contributed by atoms with Gasteiger partial charge in [0, 0.05) is 11.1 Å². The summed E-state index contributed by atoms with van der Waals surface area (Å²) in [5, 5.41) is 5.06. The molecule has 4 rings (SSSR count). The molecule has 0 aliphatic heterocycles. The van der Waals surface area contributed by atoms with Gasteiger partial charge in [-0.1, -0.05) is 126 Å². The molecule has 0 spiro atoms. The van der Waals surface area contributed by atoms with Gasteiger partial charge in [-0.25, -0.2) is 0 Å². The molecule has 0 radical (unpaired) electrons. The molecule has 0 aromatic heterocycles. The summed E-state index contributed by atoms with van der Waals surface area (Å²) in [6, 6.07) is 22.4. The van der Waals surface area contributed by atoms with E-state index in [9.17, 15) is 0 Å². The lowest BCUT2D eigenvalue weighted by Gasteiger charge is -2.20. The predicted molar refractivity (Wildman–Crippen MR) is 177 cm³/mol. The molecule has 40 heavy (non-hydrogen) atoms. The van der Waals surface area contributed by atoms with Crippen LogP contribution in [-0.4, -0.2) is 0 Å². The van der Waals surface area contributed by atoms with Crippen molar-refractivity contribution >= 4 is 21.5 Å². The average Bonchev–Trinajstić information content (AvgIpc) is 2.99. The quantitative estimate of drug-likeness (QED) is 0.107. The van der Waals surface area contributed by atoms with Crippen LogP contribution >= 0.6 is 0 Å². The maximum Gasteiger partial charge on any atom is 0.0248 e. The number of aryl methyl sites for hydroxylation is 2. The number of hydrogen-bond donors (Lipinski definition) is 0. The molecule has 0 heterocycles. The smallest absolute Gasteiger partial charge is 0.0248 e. The van der Waals surface area contributed by atoms with E-state index in [2.05, 4.69) is 86.4 Å². The SMILES string of the molecule is C#Cc1ccc2c(-c3c(CCCCCCCC)ccc4cc(C#C)ccc34)c(CCCCCCCC)ccc2c1. The van der Waals surface area contributed by atoms with E-state index in [1.807, 2.05) is 0 Å². The average molecular weight is 527 g/mol. The molecule has 0 saturated heterocycles. The first kappa shape index (κ1) is 29.5. The molecular formula is C40H46. The summed E-state index contributed by atoms with van der Waals surface area (Å²) in [5.41, 5.74) is 7.57. The number of unbranched alkanes of at least 4 members (excludes halogenated alkanes) is 10.